The van der Waals surface area contributed by atoms with Crippen molar-refractivity contribution in [2.75, 3.05) is 6.61 Å². The molecule has 0 fully saturated rings. The Balaban J connectivity index is 3.28. The zero-order valence-electron chi connectivity index (χ0n) is 11.0. The predicted octanol–water partition coefficient (Wildman–Crippen LogP) is 3.20. The van der Waals surface area contributed by atoms with Gasteiger partial charge in [0.2, 0.25) is 0 Å². The van der Waals surface area contributed by atoms with E-state index in [2.05, 4.69) is 20.7 Å². The second kappa shape index (κ2) is 7.87. The van der Waals surface area contributed by atoms with Crippen LogP contribution in [0.2, 0.25) is 0 Å². The van der Waals surface area contributed by atoms with Crippen LogP contribution in [0, 0.1) is 10.1 Å². The molecular weight excluding hydrogens is 356 g/mol. The molecule has 21 heavy (non-hydrogen) atoms. The summed E-state index contributed by atoms with van der Waals surface area (Å²) < 4.78 is 33.9. The van der Waals surface area contributed by atoms with E-state index in [9.17, 15) is 23.7 Å². The Morgan fingerprint density at radius 1 is 1.48 bits per heavy atom. The molecule has 0 bridgehead atoms. The van der Waals surface area contributed by atoms with Crippen LogP contribution in [0.25, 0.3) is 0 Å². The van der Waals surface area contributed by atoms with Crippen molar-refractivity contribution in [3.63, 3.8) is 0 Å². The molecule has 0 amide bonds. The minimum absolute atomic E-state index is 0.135. The standard InChI is InChI=1S/C12H12BrF2NO5/c1-2-20-11(17)5-9-7(6-13)3-8(16(18)19)4-10(9)21-12(14)15/h3-4,12H,2,5-6H2,1H3. The molecule has 0 spiro atoms. The summed E-state index contributed by atoms with van der Waals surface area (Å²) in [5.41, 5.74) is 0.0526. The van der Waals surface area contributed by atoms with Crippen LogP contribution in [-0.4, -0.2) is 24.1 Å². The van der Waals surface area contributed by atoms with E-state index in [0.717, 1.165) is 6.07 Å². The number of nitrogens with zero attached hydrogens (tertiary/aromatic N) is 1. The van der Waals surface area contributed by atoms with Gasteiger partial charge in [-0.25, -0.2) is 0 Å². The molecule has 1 aromatic rings. The molecule has 0 N–H and O–H groups in total. The van der Waals surface area contributed by atoms with Gasteiger partial charge in [-0.05, 0) is 12.5 Å². The Kier molecular flexibility index (Phi) is 6.47. The molecule has 0 aliphatic carbocycles. The van der Waals surface area contributed by atoms with Gasteiger partial charge in [0.15, 0.2) is 0 Å². The Morgan fingerprint density at radius 3 is 2.62 bits per heavy atom. The van der Waals surface area contributed by atoms with Gasteiger partial charge in [0.1, 0.15) is 5.75 Å². The van der Waals surface area contributed by atoms with E-state index >= 15 is 0 Å². The SMILES string of the molecule is CCOC(=O)Cc1c(CBr)cc([N+](=O)[O-])cc1OC(F)F. The number of nitro benzene ring substituents is 1. The number of carbonyl (C=O) groups excluding carboxylic acids is 1. The van der Waals surface area contributed by atoms with Gasteiger partial charge >= 0.3 is 12.6 Å². The number of carbonyl (C=O) groups is 1. The van der Waals surface area contributed by atoms with Crippen LogP contribution in [0.4, 0.5) is 14.5 Å². The van der Waals surface area contributed by atoms with Gasteiger partial charge in [-0.15, -0.1) is 0 Å². The maximum atomic E-state index is 12.4. The summed E-state index contributed by atoms with van der Waals surface area (Å²) in [5.74, 6) is -1.03. The molecule has 0 heterocycles. The molecular formula is C12H12BrF2NO5. The topological polar surface area (TPSA) is 78.7 Å². The second-order valence-electron chi connectivity index (χ2n) is 3.83. The Labute approximate surface area is 127 Å². The van der Waals surface area contributed by atoms with Gasteiger partial charge < -0.3 is 9.47 Å². The Morgan fingerprint density at radius 2 is 2.14 bits per heavy atom. The van der Waals surface area contributed by atoms with Crippen LogP contribution in [0.1, 0.15) is 18.1 Å². The van der Waals surface area contributed by atoms with Gasteiger partial charge in [0, 0.05) is 17.0 Å². The van der Waals surface area contributed by atoms with Crippen LogP contribution < -0.4 is 4.74 Å². The molecule has 1 rings (SSSR count). The maximum Gasteiger partial charge on any atom is 0.387 e. The third-order valence-corrected chi connectivity index (χ3v) is 3.09. The molecule has 6 nitrogen and oxygen atoms in total. The molecule has 0 aliphatic rings. The third kappa shape index (κ3) is 4.92. The van der Waals surface area contributed by atoms with Gasteiger partial charge in [0.05, 0.1) is 24.0 Å². The lowest BCUT2D eigenvalue weighted by molar-refractivity contribution is -0.385. The summed E-state index contributed by atoms with van der Waals surface area (Å²) in [6.07, 6.45) is -0.311. The van der Waals surface area contributed by atoms with Crippen molar-refractivity contribution < 1.29 is 28.0 Å². The van der Waals surface area contributed by atoms with Crippen molar-refractivity contribution in [3.05, 3.63) is 33.4 Å². The summed E-state index contributed by atoms with van der Waals surface area (Å²) in [7, 11) is 0. The van der Waals surface area contributed by atoms with Crippen LogP contribution in [-0.2, 0) is 21.3 Å². The summed E-state index contributed by atoms with van der Waals surface area (Å²) in [4.78, 5) is 21.6. The summed E-state index contributed by atoms with van der Waals surface area (Å²) >= 11 is 3.10. The highest BCUT2D eigenvalue weighted by atomic mass is 79.9. The molecule has 1 aromatic carbocycles. The van der Waals surface area contributed by atoms with Crippen LogP contribution in [0.3, 0.4) is 0 Å². The number of non-ortho nitro benzene ring substituents is 1. The molecule has 0 unspecified atom stereocenters. The van der Waals surface area contributed by atoms with E-state index in [-0.39, 0.29) is 23.9 Å². The molecule has 0 aliphatic heterocycles. The Hall–Kier alpha value is -1.77. The first-order valence-corrected chi connectivity index (χ1v) is 6.97. The summed E-state index contributed by atoms with van der Waals surface area (Å²) in [6, 6.07) is 2.06. The smallest absolute Gasteiger partial charge is 0.387 e. The number of hydrogen-bond donors (Lipinski definition) is 0. The van der Waals surface area contributed by atoms with Crippen molar-refractivity contribution in [3.8, 4) is 5.75 Å². The van der Waals surface area contributed by atoms with Crippen LogP contribution in [0.5, 0.6) is 5.75 Å². The lowest BCUT2D eigenvalue weighted by Gasteiger charge is -2.13. The summed E-state index contributed by atoms with van der Waals surface area (Å²) in [6.45, 7) is -1.41. The van der Waals surface area contributed by atoms with Crippen molar-refractivity contribution in [2.45, 2.75) is 25.3 Å². The number of rotatable bonds is 7. The van der Waals surface area contributed by atoms with Crippen LogP contribution in [0.15, 0.2) is 12.1 Å². The molecule has 0 saturated heterocycles. The molecule has 9 heteroatoms. The van der Waals surface area contributed by atoms with E-state index in [4.69, 9.17) is 4.74 Å². The fourth-order valence-corrected chi connectivity index (χ4v) is 2.17. The second-order valence-corrected chi connectivity index (χ2v) is 4.39. The van der Waals surface area contributed by atoms with E-state index in [0.29, 0.717) is 5.56 Å². The normalized spacial score (nSPS) is 10.5. The Bertz CT molecular complexity index is 539. The predicted molar refractivity (Wildman–Crippen MR) is 72.7 cm³/mol. The third-order valence-electron chi connectivity index (χ3n) is 2.48. The van der Waals surface area contributed by atoms with E-state index in [1.165, 1.54) is 6.07 Å². The molecule has 0 aromatic heterocycles. The molecule has 0 atom stereocenters. The van der Waals surface area contributed by atoms with E-state index < -0.39 is 28.9 Å². The van der Waals surface area contributed by atoms with Gasteiger partial charge in [0.25, 0.3) is 5.69 Å². The van der Waals surface area contributed by atoms with Crippen molar-refractivity contribution in [1.82, 2.24) is 0 Å². The van der Waals surface area contributed by atoms with Gasteiger partial charge in [-0.2, -0.15) is 8.78 Å². The first-order chi connectivity index (χ1) is 9.88. The van der Waals surface area contributed by atoms with E-state index in [1.54, 1.807) is 6.92 Å². The number of halogens is 3. The quantitative estimate of drug-likeness (QED) is 0.320. The fourth-order valence-electron chi connectivity index (χ4n) is 1.67. The number of hydrogen-bond acceptors (Lipinski definition) is 5. The monoisotopic (exact) mass is 367 g/mol. The lowest BCUT2D eigenvalue weighted by atomic mass is 10.0. The minimum atomic E-state index is -3.16. The van der Waals surface area contributed by atoms with Crippen molar-refractivity contribution >= 4 is 27.6 Å². The van der Waals surface area contributed by atoms with Gasteiger partial charge in [-0.1, -0.05) is 15.9 Å². The van der Waals surface area contributed by atoms with Crippen molar-refractivity contribution in [1.29, 1.82) is 0 Å². The van der Waals surface area contributed by atoms with Crippen molar-refractivity contribution in [2.24, 2.45) is 0 Å². The summed E-state index contributed by atoms with van der Waals surface area (Å²) in [5, 5.41) is 10.9. The lowest BCUT2D eigenvalue weighted by Crippen LogP contribution is -2.13. The number of nitro groups is 1. The molecule has 116 valence electrons. The van der Waals surface area contributed by atoms with E-state index in [1.807, 2.05) is 0 Å². The largest absolute Gasteiger partial charge is 0.466 e. The first kappa shape index (κ1) is 17.3. The zero-order chi connectivity index (χ0) is 16.0. The highest BCUT2D eigenvalue weighted by molar-refractivity contribution is 9.08. The fraction of sp³-hybridized carbons (Fsp3) is 0.417. The average Bonchev–Trinajstić information content (AvgIpc) is 2.39. The van der Waals surface area contributed by atoms with Gasteiger partial charge in [-0.3, -0.25) is 14.9 Å². The highest BCUT2D eigenvalue weighted by Crippen LogP contribution is 2.32. The molecule has 0 radical (unpaired) electrons. The highest BCUT2D eigenvalue weighted by Gasteiger charge is 2.21. The van der Waals surface area contributed by atoms with Crippen LogP contribution >= 0.6 is 15.9 Å². The first-order valence-electron chi connectivity index (χ1n) is 5.85. The zero-order valence-corrected chi connectivity index (χ0v) is 12.6. The number of esters is 1. The average molecular weight is 368 g/mol. The number of alkyl halides is 3. The number of benzene rings is 1. The molecule has 0 saturated carbocycles. The minimum Gasteiger partial charge on any atom is -0.466 e. The maximum absolute atomic E-state index is 12.4. The number of ether oxygens (including phenoxy) is 2.